The second kappa shape index (κ2) is 8.42. The summed E-state index contributed by atoms with van der Waals surface area (Å²) in [5.41, 5.74) is 5.11. The molecule has 1 heterocycles. The van der Waals surface area contributed by atoms with Gasteiger partial charge >= 0.3 is 5.97 Å². The Labute approximate surface area is 165 Å². The Kier molecular flexibility index (Phi) is 5.97. The van der Waals surface area contributed by atoms with Crippen molar-refractivity contribution in [2.24, 2.45) is 7.05 Å². The molecule has 0 fully saturated rings. The molecule has 1 aliphatic carbocycles. The first-order chi connectivity index (χ1) is 13.4. The Morgan fingerprint density at radius 2 is 2.07 bits per heavy atom. The lowest BCUT2D eigenvalue weighted by atomic mass is 9.87. The maximum atomic E-state index is 12.5. The highest BCUT2D eigenvalue weighted by Crippen LogP contribution is 2.29. The van der Waals surface area contributed by atoms with Gasteiger partial charge in [0.1, 0.15) is 0 Å². The van der Waals surface area contributed by atoms with E-state index in [0.29, 0.717) is 0 Å². The van der Waals surface area contributed by atoms with E-state index in [1.807, 2.05) is 33.0 Å². The van der Waals surface area contributed by atoms with Crippen molar-refractivity contribution < 1.29 is 14.3 Å². The fraction of sp³-hybridized carbons (Fsp3) is 0.409. The number of aryl methyl sites for hydroxylation is 3. The molecule has 2 aromatic rings. The monoisotopic (exact) mass is 381 g/mol. The lowest BCUT2D eigenvalue weighted by Gasteiger charge is -2.27. The van der Waals surface area contributed by atoms with Gasteiger partial charge in [-0.05, 0) is 57.2 Å². The maximum absolute atomic E-state index is 12.5. The number of rotatable bonds is 5. The molecular formula is C22H27N3O3. The first kappa shape index (κ1) is 19.9. The highest BCUT2D eigenvalue weighted by molar-refractivity contribution is 5.90. The molecule has 3 rings (SSSR count). The van der Waals surface area contributed by atoms with Crippen LogP contribution < -0.4 is 5.32 Å². The van der Waals surface area contributed by atoms with Gasteiger partial charge in [-0.15, -0.1) is 0 Å². The fourth-order valence-electron chi connectivity index (χ4n) is 3.64. The number of ether oxygens (including phenoxy) is 1. The van der Waals surface area contributed by atoms with Crippen LogP contribution in [0.15, 0.2) is 30.3 Å². The van der Waals surface area contributed by atoms with E-state index in [2.05, 4.69) is 22.5 Å². The summed E-state index contributed by atoms with van der Waals surface area (Å²) in [5.74, 6) is -0.827. The van der Waals surface area contributed by atoms with Crippen LogP contribution >= 0.6 is 0 Å². The highest BCUT2D eigenvalue weighted by Gasteiger charge is 2.25. The molecule has 1 aliphatic rings. The van der Waals surface area contributed by atoms with Crippen molar-refractivity contribution in [3.8, 4) is 0 Å². The van der Waals surface area contributed by atoms with Crippen LogP contribution in [0.25, 0.3) is 6.08 Å². The summed E-state index contributed by atoms with van der Waals surface area (Å²) in [4.78, 5) is 24.7. The van der Waals surface area contributed by atoms with Gasteiger partial charge in [0, 0.05) is 24.4 Å². The molecule has 28 heavy (non-hydrogen) atoms. The largest absolute Gasteiger partial charge is 0.449 e. The Morgan fingerprint density at radius 1 is 1.32 bits per heavy atom. The summed E-state index contributed by atoms with van der Waals surface area (Å²) in [7, 11) is 1.85. The number of hydrogen-bond donors (Lipinski definition) is 1. The van der Waals surface area contributed by atoms with Crippen LogP contribution in [0, 0.1) is 13.8 Å². The molecular weight excluding hydrogens is 354 g/mol. The van der Waals surface area contributed by atoms with Crippen molar-refractivity contribution in [2.75, 3.05) is 0 Å². The van der Waals surface area contributed by atoms with E-state index in [4.69, 9.17) is 4.74 Å². The quantitative estimate of drug-likeness (QED) is 0.638. The molecule has 1 aromatic heterocycles. The molecule has 1 aromatic carbocycles. The van der Waals surface area contributed by atoms with Crippen LogP contribution in [0.3, 0.4) is 0 Å². The van der Waals surface area contributed by atoms with E-state index in [1.54, 1.807) is 17.7 Å². The third kappa shape index (κ3) is 4.32. The molecule has 0 unspecified atom stereocenters. The summed E-state index contributed by atoms with van der Waals surface area (Å²) < 4.78 is 7.05. The molecule has 1 amide bonds. The minimum Gasteiger partial charge on any atom is -0.449 e. The second-order valence-corrected chi connectivity index (χ2v) is 7.27. The molecule has 6 heteroatoms. The van der Waals surface area contributed by atoms with E-state index in [1.165, 1.54) is 11.6 Å². The first-order valence-electron chi connectivity index (χ1n) is 9.64. The average Bonchev–Trinajstić information content (AvgIpc) is 2.92. The van der Waals surface area contributed by atoms with Crippen LogP contribution in [-0.2, 0) is 27.8 Å². The van der Waals surface area contributed by atoms with Crippen molar-refractivity contribution >= 4 is 18.0 Å². The molecule has 0 bridgehead atoms. The van der Waals surface area contributed by atoms with Crippen LogP contribution in [0.2, 0.25) is 0 Å². The zero-order valence-corrected chi connectivity index (χ0v) is 16.9. The van der Waals surface area contributed by atoms with Crippen molar-refractivity contribution in [3.05, 3.63) is 58.4 Å². The summed E-state index contributed by atoms with van der Waals surface area (Å²) in [6.07, 6.45) is 5.12. The number of esters is 1. The molecule has 0 saturated carbocycles. The van der Waals surface area contributed by atoms with Crippen LogP contribution in [0.1, 0.15) is 53.9 Å². The molecule has 0 saturated heterocycles. The number of benzene rings is 1. The van der Waals surface area contributed by atoms with Crippen molar-refractivity contribution in [1.82, 2.24) is 15.1 Å². The van der Waals surface area contributed by atoms with Crippen molar-refractivity contribution in [1.29, 1.82) is 0 Å². The number of fused-ring (bicyclic) bond motifs is 1. The van der Waals surface area contributed by atoms with Gasteiger partial charge in [-0.25, -0.2) is 4.79 Å². The number of aromatic nitrogens is 2. The molecule has 2 atom stereocenters. The zero-order valence-electron chi connectivity index (χ0n) is 16.9. The second-order valence-electron chi connectivity index (χ2n) is 7.27. The SMILES string of the molecule is Cc1nn(C)c(C)c1/C=C/C(=O)O[C@H](C)C(=O)N[C@H]1CCCc2ccccc21. The van der Waals surface area contributed by atoms with Gasteiger partial charge in [-0.3, -0.25) is 9.48 Å². The number of nitrogens with zero attached hydrogens (tertiary/aromatic N) is 2. The highest BCUT2D eigenvalue weighted by atomic mass is 16.5. The summed E-state index contributed by atoms with van der Waals surface area (Å²) in [5, 5.41) is 7.33. The van der Waals surface area contributed by atoms with Crippen LogP contribution in [0.5, 0.6) is 0 Å². The van der Waals surface area contributed by atoms with Gasteiger partial charge in [0.15, 0.2) is 6.10 Å². The van der Waals surface area contributed by atoms with Crippen LogP contribution in [-0.4, -0.2) is 27.8 Å². The Bertz CT molecular complexity index is 914. The topological polar surface area (TPSA) is 73.2 Å². The van der Waals surface area contributed by atoms with Crippen LogP contribution in [0.4, 0.5) is 0 Å². The molecule has 1 N–H and O–H groups in total. The number of nitrogens with one attached hydrogen (secondary N) is 1. The van der Waals surface area contributed by atoms with Gasteiger partial charge in [0.05, 0.1) is 11.7 Å². The predicted octanol–water partition coefficient (Wildman–Crippen LogP) is 3.18. The lowest BCUT2D eigenvalue weighted by molar-refractivity contribution is -0.150. The smallest absolute Gasteiger partial charge is 0.331 e. The van der Waals surface area contributed by atoms with Gasteiger partial charge in [0.2, 0.25) is 0 Å². The minimum atomic E-state index is -0.859. The lowest BCUT2D eigenvalue weighted by Crippen LogP contribution is -2.39. The molecule has 148 valence electrons. The number of hydrogen-bond acceptors (Lipinski definition) is 4. The van der Waals surface area contributed by atoms with Gasteiger partial charge in [0.25, 0.3) is 5.91 Å². The Morgan fingerprint density at radius 3 is 2.79 bits per heavy atom. The number of carbonyl (C=O) groups excluding carboxylic acids is 2. The van der Waals surface area contributed by atoms with Crippen molar-refractivity contribution in [3.63, 3.8) is 0 Å². The van der Waals surface area contributed by atoms with E-state index < -0.39 is 12.1 Å². The summed E-state index contributed by atoms with van der Waals surface area (Å²) >= 11 is 0. The molecule has 6 nitrogen and oxygen atoms in total. The number of amides is 1. The van der Waals surface area contributed by atoms with Gasteiger partial charge in [-0.1, -0.05) is 24.3 Å². The van der Waals surface area contributed by atoms with E-state index >= 15 is 0 Å². The van der Waals surface area contributed by atoms with E-state index in [9.17, 15) is 9.59 Å². The average molecular weight is 381 g/mol. The fourth-order valence-corrected chi connectivity index (χ4v) is 3.64. The summed E-state index contributed by atoms with van der Waals surface area (Å²) in [6, 6.07) is 8.13. The zero-order chi connectivity index (χ0) is 20.3. The van der Waals surface area contributed by atoms with Gasteiger partial charge in [-0.2, -0.15) is 5.10 Å². The van der Waals surface area contributed by atoms with E-state index in [-0.39, 0.29) is 11.9 Å². The molecule has 0 radical (unpaired) electrons. The van der Waals surface area contributed by atoms with Crippen molar-refractivity contribution in [2.45, 2.75) is 52.2 Å². The standard InChI is InChI=1S/C22H27N3O3/c1-14-18(15(2)25(4)24-14)12-13-21(26)28-16(3)22(27)23-20-11-7-9-17-8-5-6-10-19(17)20/h5-6,8,10,12-13,16,20H,7,9,11H2,1-4H3,(H,23,27)/b13-12+/t16-,20+/m1/s1. The van der Waals surface area contributed by atoms with E-state index in [0.717, 1.165) is 41.8 Å². The first-order valence-corrected chi connectivity index (χ1v) is 9.64. The third-order valence-electron chi connectivity index (χ3n) is 5.30. The number of carbonyl (C=O) groups is 2. The summed E-state index contributed by atoms with van der Waals surface area (Å²) in [6.45, 7) is 5.41. The Balaban J connectivity index is 1.59. The third-order valence-corrected chi connectivity index (χ3v) is 5.30. The Hall–Kier alpha value is -2.89. The molecule has 0 spiro atoms. The maximum Gasteiger partial charge on any atom is 0.331 e. The normalized spacial score (nSPS) is 17.2. The predicted molar refractivity (Wildman–Crippen MR) is 108 cm³/mol. The molecule has 0 aliphatic heterocycles. The van der Waals surface area contributed by atoms with Gasteiger partial charge < -0.3 is 10.1 Å². The minimum absolute atomic E-state index is 0.0326.